The molecule has 0 aromatic heterocycles. The van der Waals surface area contributed by atoms with Gasteiger partial charge in [-0.15, -0.1) is 5.54 Å². The highest BCUT2D eigenvalue weighted by molar-refractivity contribution is 6.84. The highest BCUT2D eigenvalue weighted by atomic mass is 28.3. The van der Waals surface area contributed by atoms with E-state index in [1.54, 1.807) is 6.08 Å². The van der Waals surface area contributed by atoms with Crippen molar-refractivity contribution < 1.29 is 5.11 Å². The lowest BCUT2D eigenvalue weighted by atomic mass is 10.1. The second kappa shape index (κ2) is 5.69. The predicted octanol–water partition coefficient (Wildman–Crippen LogP) is 2.94. The molecule has 0 aliphatic rings. The van der Waals surface area contributed by atoms with Crippen LogP contribution in [-0.4, -0.2) is 19.8 Å². The third kappa shape index (κ3) is 4.48. The second-order valence-corrected chi connectivity index (χ2v) is 9.42. The van der Waals surface area contributed by atoms with Gasteiger partial charge in [-0.1, -0.05) is 55.9 Å². The molecular formula is C14H18OSi. The largest absolute Gasteiger partial charge is 0.392 e. The van der Waals surface area contributed by atoms with E-state index in [1.165, 1.54) is 0 Å². The van der Waals surface area contributed by atoms with Crippen LogP contribution in [0.4, 0.5) is 0 Å². The van der Waals surface area contributed by atoms with Gasteiger partial charge in [0, 0.05) is 5.57 Å². The van der Waals surface area contributed by atoms with Gasteiger partial charge in [-0.3, -0.25) is 0 Å². The Morgan fingerprint density at radius 1 is 1.25 bits per heavy atom. The summed E-state index contributed by atoms with van der Waals surface area (Å²) in [6, 6.07) is 9.97. The number of rotatable bonds is 2. The number of aliphatic hydroxyl groups is 1. The molecule has 1 aromatic carbocycles. The Hall–Kier alpha value is -1.30. The van der Waals surface area contributed by atoms with Gasteiger partial charge in [-0.05, 0) is 11.6 Å². The van der Waals surface area contributed by atoms with Crippen molar-refractivity contribution in [3.63, 3.8) is 0 Å². The molecule has 0 spiro atoms. The number of hydrogen-bond donors (Lipinski definition) is 1. The van der Waals surface area contributed by atoms with Crippen molar-refractivity contribution in [3.05, 3.63) is 42.0 Å². The molecule has 0 aliphatic carbocycles. The molecule has 0 unspecified atom stereocenters. The fourth-order valence-electron chi connectivity index (χ4n) is 1.20. The van der Waals surface area contributed by atoms with Crippen LogP contribution in [0.3, 0.4) is 0 Å². The van der Waals surface area contributed by atoms with Crippen LogP contribution in [0.15, 0.2) is 36.4 Å². The maximum Gasteiger partial charge on any atom is 0.129 e. The van der Waals surface area contributed by atoms with E-state index in [2.05, 4.69) is 31.1 Å². The minimum atomic E-state index is -1.37. The molecule has 0 fully saturated rings. The molecule has 1 N–H and O–H groups in total. The monoisotopic (exact) mass is 230 g/mol. The van der Waals surface area contributed by atoms with E-state index in [-0.39, 0.29) is 6.61 Å². The number of benzene rings is 1. The molecule has 0 aliphatic heterocycles. The molecule has 0 heterocycles. The average Bonchev–Trinajstić information content (AvgIpc) is 2.24. The lowest BCUT2D eigenvalue weighted by molar-refractivity contribution is 0.343. The zero-order chi connectivity index (χ0) is 12.0. The lowest BCUT2D eigenvalue weighted by Gasteiger charge is -2.05. The Morgan fingerprint density at radius 2 is 1.88 bits per heavy atom. The fourth-order valence-corrected chi connectivity index (χ4v) is 1.71. The zero-order valence-corrected chi connectivity index (χ0v) is 11.1. The summed E-state index contributed by atoms with van der Waals surface area (Å²) in [5, 5.41) is 8.99. The van der Waals surface area contributed by atoms with Crippen LogP contribution in [0.1, 0.15) is 5.56 Å². The number of aliphatic hydroxyl groups excluding tert-OH is 1. The quantitative estimate of drug-likeness (QED) is 0.612. The normalized spacial score (nSPS) is 11.9. The van der Waals surface area contributed by atoms with Gasteiger partial charge >= 0.3 is 0 Å². The molecule has 0 radical (unpaired) electrons. The first-order chi connectivity index (χ1) is 7.53. The Bertz CT molecular complexity index is 416. The smallest absolute Gasteiger partial charge is 0.129 e. The summed E-state index contributed by atoms with van der Waals surface area (Å²) in [6.07, 6.45) is 1.77. The first-order valence-electron chi connectivity index (χ1n) is 5.42. The molecule has 0 amide bonds. The first kappa shape index (κ1) is 12.8. The van der Waals surface area contributed by atoms with E-state index >= 15 is 0 Å². The van der Waals surface area contributed by atoms with E-state index in [0.717, 1.165) is 11.1 Å². The van der Waals surface area contributed by atoms with Gasteiger partial charge < -0.3 is 5.11 Å². The summed E-state index contributed by atoms with van der Waals surface area (Å²) >= 11 is 0. The van der Waals surface area contributed by atoms with Crippen LogP contribution in [-0.2, 0) is 0 Å². The second-order valence-electron chi connectivity index (χ2n) is 4.67. The van der Waals surface area contributed by atoms with Gasteiger partial charge in [0.2, 0.25) is 0 Å². The van der Waals surface area contributed by atoms with Gasteiger partial charge in [-0.2, -0.15) is 0 Å². The third-order valence-corrected chi connectivity index (χ3v) is 2.83. The molecule has 84 valence electrons. The van der Waals surface area contributed by atoms with Gasteiger partial charge in [0.05, 0.1) is 6.61 Å². The lowest BCUT2D eigenvalue weighted by Crippen LogP contribution is -2.16. The van der Waals surface area contributed by atoms with Crippen molar-refractivity contribution in [1.29, 1.82) is 0 Å². The van der Waals surface area contributed by atoms with Crippen molar-refractivity contribution in [1.82, 2.24) is 0 Å². The van der Waals surface area contributed by atoms with Crippen molar-refractivity contribution in [3.8, 4) is 11.5 Å². The first-order valence-corrected chi connectivity index (χ1v) is 8.92. The molecule has 0 saturated heterocycles. The fraction of sp³-hybridized carbons (Fsp3) is 0.286. The number of allylic oxidation sites excluding steroid dienone is 1. The summed E-state index contributed by atoms with van der Waals surface area (Å²) in [4.78, 5) is 0. The molecule has 2 heteroatoms. The Morgan fingerprint density at radius 3 is 2.38 bits per heavy atom. The van der Waals surface area contributed by atoms with E-state index in [0.29, 0.717) is 0 Å². The summed E-state index contributed by atoms with van der Waals surface area (Å²) < 4.78 is 0. The topological polar surface area (TPSA) is 20.2 Å². The summed E-state index contributed by atoms with van der Waals surface area (Å²) in [5.74, 6) is 3.19. The van der Waals surface area contributed by atoms with E-state index in [4.69, 9.17) is 5.11 Å². The Labute approximate surface area is 98.8 Å². The van der Waals surface area contributed by atoms with Crippen molar-refractivity contribution >= 4 is 13.6 Å². The van der Waals surface area contributed by atoms with E-state index < -0.39 is 8.07 Å². The standard InChI is InChI=1S/C14H18OSi/c1-16(2,3)12-10-14(9-11-15)13-7-5-4-6-8-13/h4-9,15H,11H2,1-3H3. The van der Waals surface area contributed by atoms with Gasteiger partial charge in [0.15, 0.2) is 0 Å². The molecule has 16 heavy (non-hydrogen) atoms. The highest BCUT2D eigenvalue weighted by Gasteiger charge is 2.08. The summed E-state index contributed by atoms with van der Waals surface area (Å²) in [5.41, 5.74) is 5.31. The highest BCUT2D eigenvalue weighted by Crippen LogP contribution is 2.13. The molecule has 0 bridgehead atoms. The maximum atomic E-state index is 8.99. The zero-order valence-electron chi connectivity index (χ0n) is 10.1. The molecule has 1 aromatic rings. The minimum absolute atomic E-state index is 0.0323. The van der Waals surface area contributed by atoms with Crippen LogP contribution in [0.5, 0.6) is 0 Å². The van der Waals surface area contributed by atoms with E-state index in [1.807, 2.05) is 30.3 Å². The molecule has 0 atom stereocenters. The summed E-state index contributed by atoms with van der Waals surface area (Å²) in [6.45, 7) is 6.66. The van der Waals surface area contributed by atoms with Gasteiger partial charge in [-0.25, -0.2) is 0 Å². The third-order valence-electron chi connectivity index (χ3n) is 1.95. The van der Waals surface area contributed by atoms with Crippen molar-refractivity contribution in [2.75, 3.05) is 6.61 Å². The molecule has 1 nitrogen and oxygen atoms in total. The summed E-state index contributed by atoms with van der Waals surface area (Å²) in [7, 11) is -1.37. The Kier molecular flexibility index (Phi) is 4.54. The number of hydrogen-bond acceptors (Lipinski definition) is 1. The van der Waals surface area contributed by atoms with Crippen LogP contribution < -0.4 is 0 Å². The van der Waals surface area contributed by atoms with Gasteiger partial charge in [0.1, 0.15) is 8.07 Å². The van der Waals surface area contributed by atoms with Crippen LogP contribution in [0.25, 0.3) is 5.57 Å². The molecule has 1 rings (SSSR count). The van der Waals surface area contributed by atoms with Crippen molar-refractivity contribution in [2.24, 2.45) is 0 Å². The molecular weight excluding hydrogens is 212 g/mol. The van der Waals surface area contributed by atoms with Gasteiger partial charge in [0.25, 0.3) is 0 Å². The molecule has 0 saturated carbocycles. The Balaban J connectivity index is 3.02. The maximum absolute atomic E-state index is 8.99. The SMILES string of the molecule is C[Si](C)(C)C#CC(=CCO)c1ccccc1. The van der Waals surface area contributed by atoms with Crippen molar-refractivity contribution in [2.45, 2.75) is 19.6 Å². The van der Waals surface area contributed by atoms with Crippen LogP contribution >= 0.6 is 0 Å². The van der Waals surface area contributed by atoms with E-state index in [9.17, 15) is 0 Å². The van der Waals surface area contributed by atoms with Crippen LogP contribution in [0, 0.1) is 11.5 Å². The van der Waals surface area contributed by atoms with Crippen LogP contribution in [0.2, 0.25) is 19.6 Å². The average molecular weight is 230 g/mol. The minimum Gasteiger partial charge on any atom is -0.392 e. The predicted molar refractivity (Wildman–Crippen MR) is 72.6 cm³/mol.